The molecule has 1 aromatic heterocycles. The van der Waals surface area contributed by atoms with Crippen molar-refractivity contribution in [2.24, 2.45) is 0 Å². The van der Waals surface area contributed by atoms with E-state index in [0.717, 1.165) is 11.1 Å². The third-order valence-electron chi connectivity index (χ3n) is 4.48. The monoisotopic (exact) mass is 360 g/mol. The first-order valence-corrected chi connectivity index (χ1v) is 8.15. The molecule has 0 saturated carbocycles. The van der Waals surface area contributed by atoms with Crippen LogP contribution in [-0.2, 0) is 11.2 Å². The fourth-order valence-electron chi connectivity index (χ4n) is 3.27. The zero-order valence-corrected chi connectivity index (χ0v) is 14.8. The van der Waals surface area contributed by atoms with Crippen molar-refractivity contribution in [1.82, 2.24) is 10.1 Å². The highest BCUT2D eigenvalue weighted by atomic mass is 16.5. The molecule has 0 fully saturated rings. The Balaban J connectivity index is 2.03. The van der Waals surface area contributed by atoms with E-state index in [0.29, 0.717) is 30.2 Å². The lowest BCUT2D eigenvalue weighted by molar-refractivity contribution is -0.138. The van der Waals surface area contributed by atoms with E-state index in [1.165, 1.54) is 12.0 Å². The maximum atomic E-state index is 12.8. The van der Waals surface area contributed by atoms with E-state index in [2.05, 4.69) is 5.16 Å². The summed E-state index contributed by atoms with van der Waals surface area (Å²) in [6.07, 6.45) is 0.361. The van der Waals surface area contributed by atoms with Gasteiger partial charge in [-0.2, -0.15) is 0 Å². The Kier molecular flexibility index (Phi) is 4.83. The maximum Gasteiger partial charge on any atom is 0.305 e. The van der Waals surface area contributed by atoms with Gasteiger partial charge in [0, 0.05) is 12.6 Å². The van der Waals surface area contributed by atoms with E-state index >= 15 is 0 Å². The molecule has 8 nitrogen and oxygen atoms in total. The van der Waals surface area contributed by atoms with Gasteiger partial charge in [-0.05, 0) is 36.6 Å². The Bertz CT molecular complexity index is 844. The maximum absolute atomic E-state index is 12.8. The molecule has 1 atom stereocenters. The van der Waals surface area contributed by atoms with Crippen LogP contribution in [0.5, 0.6) is 11.5 Å². The molecule has 3 rings (SSSR count). The summed E-state index contributed by atoms with van der Waals surface area (Å²) in [7, 11) is 3.06. The lowest BCUT2D eigenvalue weighted by Gasteiger charge is -2.36. The smallest absolute Gasteiger partial charge is 0.305 e. The zero-order valence-electron chi connectivity index (χ0n) is 14.8. The van der Waals surface area contributed by atoms with Gasteiger partial charge in [0.25, 0.3) is 5.91 Å². The van der Waals surface area contributed by atoms with Gasteiger partial charge >= 0.3 is 5.97 Å². The molecular formula is C18H20N2O6. The third kappa shape index (κ3) is 3.22. The van der Waals surface area contributed by atoms with Gasteiger partial charge in [-0.15, -0.1) is 0 Å². The van der Waals surface area contributed by atoms with Gasteiger partial charge in [0.15, 0.2) is 17.2 Å². The Morgan fingerprint density at radius 1 is 1.27 bits per heavy atom. The highest BCUT2D eigenvalue weighted by Crippen LogP contribution is 2.39. The molecule has 1 N–H and O–H groups in total. The molecule has 1 aliphatic heterocycles. The highest BCUT2D eigenvalue weighted by molar-refractivity contribution is 5.93. The van der Waals surface area contributed by atoms with Crippen molar-refractivity contribution in [3.05, 3.63) is 40.8 Å². The number of amides is 1. The number of aromatic nitrogens is 1. The lowest BCUT2D eigenvalue weighted by Crippen LogP contribution is -2.41. The molecular weight excluding hydrogens is 340 g/mol. The van der Waals surface area contributed by atoms with Gasteiger partial charge in [0.1, 0.15) is 5.76 Å². The van der Waals surface area contributed by atoms with Crippen LogP contribution in [-0.4, -0.2) is 47.8 Å². The molecule has 0 spiro atoms. The van der Waals surface area contributed by atoms with Crippen LogP contribution in [0.1, 0.15) is 39.8 Å². The van der Waals surface area contributed by atoms with E-state index in [1.54, 1.807) is 26.2 Å². The first-order valence-electron chi connectivity index (χ1n) is 8.15. The summed E-state index contributed by atoms with van der Waals surface area (Å²) < 4.78 is 15.6. The molecule has 1 aromatic carbocycles. The number of benzene rings is 1. The average molecular weight is 360 g/mol. The van der Waals surface area contributed by atoms with E-state index in [1.807, 2.05) is 6.07 Å². The molecule has 26 heavy (non-hydrogen) atoms. The summed E-state index contributed by atoms with van der Waals surface area (Å²) in [6.45, 7) is 2.08. The van der Waals surface area contributed by atoms with Gasteiger partial charge in [-0.25, -0.2) is 0 Å². The fraction of sp³-hybridized carbons (Fsp3) is 0.389. The molecule has 0 bridgehead atoms. The topological polar surface area (TPSA) is 102 Å². The number of methoxy groups -OCH3 is 2. The van der Waals surface area contributed by atoms with Crippen LogP contribution in [0.25, 0.3) is 0 Å². The van der Waals surface area contributed by atoms with Crippen LogP contribution in [0.4, 0.5) is 0 Å². The van der Waals surface area contributed by atoms with Crippen molar-refractivity contribution in [3.8, 4) is 11.5 Å². The first kappa shape index (κ1) is 17.8. The highest BCUT2D eigenvalue weighted by Gasteiger charge is 2.35. The van der Waals surface area contributed by atoms with Gasteiger partial charge in [-0.1, -0.05) is 5.16 Å². The second-order valence-corrected chi connectivity index (χ2v) is 6.09. The Morgan fingerprint density at radius 2 is 1.96 bits per heavy atom. The number of hydrogen-bond acceptors (Lipinski definition) is 6. The number of carboxylic acids is 1. The normalized spacial score (nSPS) is 16.1. The summed E-state index contributed by atoms with van der Waals surface area (Å²) in [4.78, 5) is 25.8. The van der Waals surface area contributed by atoms with Crippen molar-refractivity contribution in [2.75, 3.05) is 20.8 Å². The van der Waals surface area contributed by atoms with Crippen LogP contribution in [0.2, 0.25) is 0 Å². The Hall–Kier alpha value is -3.03. The second-order valence-electron chi connectivity index (χ2n) is 6.09. The van der Waals surface area contributed by atoms with Crippen LogP contribution < -0.4 is 9.47 Å². The van der Waals surface area contributed by atoms with E-state index < -0.39 is 12.0 Å². The quantitative estimate of drug-likeness (QED) is 0.872. The van der Waals surface area contributed by atoms with Gasteiger partial charge < -0.3 is 24.0 Å². The van der Waals surface area contributed by atoms with Crippen LogP contribution in [0, 0.1) is 6.92 Å². The average Bonchev–Trinajstić information content (AvgIpc) is 3.06. The third-order valence-corrected chi connectivity index (χ3v) is 4.48. The van der Waals surface area contributed by atoms with Gasteiger partial charge in [0.05, 0.1) is 26.7 Å². The predicted molar refractivity (Wildman–Crippen MR) is 90.5 cm³/mol. The van der Waals surface area contributed by atoms with Crippen molar-refractivity contribution < 1.29 is 28.7 Å². The Morgan fingerprint density at radius 3 is 2.54 bits per heavy atom. The molecule has 1 amide bonds. The van der Waals surface area contributed by atoms with E-state index in [-0.39, 0.29) is 18.0 Å². The zero-order chi connectivity index (χ0) is 18.8. The molecule has 1 unspecified atom stereocenters. The molecule has 2 heterocycles. The fourth-order valence-corrected chi connectivity index (χ4v) is 3.27. The van der Waals surface area contributed by atoms with Crippen molar-refractivity contribution in [3.63, 3.8) is 0 Å². The minimum atomic E-state index is -0.994. The largest absolute Gasteiger partial charge is 0.493 e. The molecule has 0 saturated heterocycles. The van der Waals surface area contributed by atoms with Crippen LogP contribution in [0.3, 0.4) is 0 Å². The van der Waals surface area contributed by atoms with Crippen molar-refractivity contribution in [2.45, 2.75) is 25.8 Å². The minimum Gasteiger partial charge on any atom is -0.493 e. The SMILES string of the molecule is COc1cc2c(cc1OC)C(CC(=O)O)N(C(=O)c1cc(C)on1)CC2. The van der Waals surface area contributed by atoms with Crippen molar-refractivity contribution in [1.29, 1.82) is 0 Å². The molecule has 1 aliphatic rings. The van der Waals surface area contributed by atoms with Crippen molar-refractivity contribution >= 4 is 11.9 Å². The molecule has 2 aromatic rings. The number of fused-ring (bicyclic) bond motifs is 1. The predicted octanol–water partition coefficient (Wildman–Crippen LogP) is 2.21. The summed E-state index contributed by atoms with van der Waals surface area (Å²) in [5.41, 5.74) is 1.85. The number of rotatable bonds is 5. The number of ether oxygens (including phenoxy) is 2. The van der Waals surface area contributed by atoms with Crippen LogP contribution >= 0.6 is 0 Å². The molecule has 0 radical (unpaired) electrons. The lowest BCUT2D eigenvalue weighted by atomic mass is 9.89. The summed E-state index contributed by atoms with van der Waals surface area (Å²) >= 11 is 0. The molecule has 0 aliphatic carbocycles. The van der Waals surface area contributed by atoms with Crippen LogP contribution in [0.15, 0.2) is 22.7 Å². The molecule has 138 valence electrons. The minimum absolute atomic E-state index is 0.168. The summed E-state index contributed by atoms with van der Waals surface area (Å²) in [6, 6.07) is 4.51. The summed E-state index contributed by atoms with van der Waals surface area (Å²) in [5, 5.41) is 13.1. The van der Waals surface area contributed by atoms with E-state index in [4.69, 9.17) is 14.0 Å². The molecule has 8 heteroatoms. The second kappa shape index (κ2) is 7.07. The standard InChI is InChI=1S/C18H20N2O6/c1-10-6-13(19-26-10)18(23)20-5-4-11-7-15(24-2)16(25-3)8-12(11)14(20)9-17(21)22/h6-8,14H,4-5,9H2,1-3H3,(H,21,22). The number of nitrogens with zero attached hydrogens (tertiary/aromatic N) is 2. The van der Waals surface area contributed by atoms with Gasteiger partial charge in [-0.3, -0.25) is 9.59 Å². The number of aryl methyl sites for hydroxylation is 1. The van der Waals surface area contributed by atoms with Gasteiger partial charge in [0.2, 0.25) is 0 Å². The number of carboxylic acid groups (broad SMARTS) is 1. The summed E-state index contributed by atoms with van der Waals surface area (Å²) in [5.74, 6) is 0.243. The number of carbonyl (C=O) groups is 2. The van der Waals surface area contributed by atoms with E-state index in [9.17, 15) is 14.7 Å². The Labute approximate surface area is 150 Å². The number of aliphatic carboxylic acids is 1. The number of hydrogen-bond donors (Lipinski definition) is 1. The first-order chi connectivity index (χ1) is 12.4. The number of carbonyl (C=O) groups excluding carboxylic acids is 1.